The molecule has 0 aliphatic heterocycles. The molecule has 0 saturated carbocycles. The summed E-state index contributed by atoms with van der Waals surface area (Å²) in [7, 11) is 5.42. The molecular weight excluding hydrogens is 268 g/mol. The van der Waals surface area contributed by atoms with E-state index < -0.39 is 5.91 Å². The molecule has 112 valence electrons. The Morgan fingerprint density at radius 1 is 1.43 bits per heavy atom. The van der Waals surface area contributed by atoms with Gasteiger partial charge in [-0.3, -0.25) is 4.79 Å². The zero-order valence-corrected chi connectivity index (χ0v) is 12.5. The molecule has 0 aliphatic rings. The van der Waals surface area contributed by atoms with Crippen LogP contribution in [0.1, 0.15) is 0 Å². The van der Waals surface area contributed by atoms with Gasteiger partial charge in [0.2, 0.25) is 0 Å². The summed E-state index contributed by atoms with van der Waals surface area (Å²) in [4.78, 5) is 14.0. The molecule has 1 aromatic carbocycles. The highest BCUT2D eigenvalue weighted by Crippen LogP contribution is 2.23. The molecule has 0 aromatic heterocycles. The van der Waals surface area contributed by atoms with Crippen LogP contribution in [-0.2, 0) is 4.79 Å². The van der Waals surface area contributed by atoms with Crippen LogP contribution in [0.5, 0.6) is 5.75 Å². The summed E-state index contributed by atoms with van der Waals surface area (Å²) in [6, 6.07) is 8.92. The van der Waals surface area contributed by atoms with Gasteiger partial charge < -0.3 is 20.3 Å². The second kappa shape index (κ2) is 8.61. The Morgan fingerprint density at radius 2 is 2.14 bits per heavy atom. The van der Waals surface area contributed by atoms with Gasteiger partial charge in [0.05, 0.1) is 12.8 Å². The van der Waals surface area contributed by atoms with Crippen molar-refractivity contribution in [2.24, 2.45) is 0 Å². The van der Waals surface area contributed by atoms with Gasteiger partial charge in [-0.15, -0.1) is 0 Å². The molecule has 21 heavy (non-hydrogen) atoms. The van der Waals surface area contributed by atoms with E-state index in [9.17, 15) is 4.79 Å². The van der Waals surface area contributed by atoms with Gasteiger partial charge in [-0.1, -0.05) is 12.1 Å². The highest BCUT2D eigenvalue weighted by molar-refractivity contribution is 6.07. The summed E-state index contributed by atoms with van der Waals surface area (Å²) in [5.74, 6) is 0.0723. The second-order valence-corrected chi connectivity index (χ2v) is 4.58. The van der Waals surface area contributed by atoms with Crippen molar-refractivity contribution < 1.29 is 9.53 Å². The maximum atomic E-state index is 12.0. The number of ether oxygens (including phenoxy) is 1. The van der Waals surface area contributed by atoms with E-state index in [1.165, 1.54) is 13.3 Å². The Bertz CT molecular complexity index is 547. The molecular formula is C15H20N4O2. The normalized spacial score (nSPS) is 10.9. The maximum absolute atomic E-state index is 12.0. The molecule has 1 rings (SSSR count). The standard InChI is InChI=1S/C15H20N4O2/c1-19(2)9-8-17-11-12(10-16)15(20)18-13-6-4-5-7-14(13)21-3/h4-7,11,17H,8-9H2,1-3H3,(H,18,20)/b12-11-. The first-order chi connectivity index (χ1) is 10.1. The minimum atomic E-state index is -0.473. The zero-order chi connectivity index (χ0) is 15.7. The maximum Gasteiger partial charge on any atom is 0.267 e. The smallest absolute Gasteiger partial charge is 0.267 e. The molecule has 6 nitrogen and oxygen atoms in total. The molecule has 6 heteroatoms. The Hall–Kier alpha value is -2.52. The van der Waals surface area contributed by atoms with Crippen molar-refractivity contribution in [2.45, 2.75) is 0 Å². The fourth-order valence-electron chi connectivity index (χ4n) is 1.55. The number of para-hydroxylation sites is 2. The monoisotopic (exact) mass is 288 g/mol. The van der Waals surface area contributed by atoms with Crippen molar-refractivity contribution in [3.05, 3.63) is 36.0 Å². The van der Waals surface area contributed by atoms with Crippen LogP contribution >= 0.6 is 0 Å². The van der Waals surface area contributed by atoms with Crippen molar-refractivity contribution in [1.29, 1.82) is 5.26 Å². The predicted octanol–water partition coefficient (Wildman–Crippen LogP) is 1.19. The molecule has 0 spiro atoms. The number of methoxy groups -OCH3 is 1. The van der Waals surface area contributed by atoms with Crippen molar-refractivity contribution in [2.75, 3.05) is 39.6 Å². The Labute approximate surface area is 125 Å². The average Bonchev–Trinajstić information content (AvgIpc) is 2.47. The van der Waals surface area contributed by atoms with Crippen LogP contribution in [0.2, 0.25) is 0 Å². The second-order valence-electron chi connectivity index (χ2n) is 4.58. The molecule has 0 aliphatic carbocycles. The summed E-state index contributed by atoms with van der Waals surface area (Å²) in [5, 5.41) is 14.7. The Balaban J connectivity index is 2.67. The van der Waals surface area contributed by atoms with E-state index >= 15 is 0 Å². The van der Waals surface area contributed by atoms with Gasteiger partial charge in [-0.25, -0.2) is 0 Å². The van der Waals surface area contributed by atoms with E-state index in [1.807, 2.05) is 25.1 Å². The third kappa shape index (κ3) is 5.55. The number of hydrogen-bond acceptors (Lipinski definition) is 5. The molecule has 0 unspecified atom stereocenters. The van der Waals surface area contributed by atoms with E-state index in [1.54, 1.807) is 24.3 Å². The van der Waals surface area contributed by atoms with Gasteiger partial charge in [0.1, 0.15) is 17.4 Å². The van der Waals surface area contributed by atoms with Crippen molar-refractivity contribution in [3.8, 4) is 11.8 Å². The van der Waals surface area contributed by atoms with E-state index in [0.29, 0.717) is 18.0 Å². The van der Waals surface area contributed by atoms with Crippen LogP contribution in [0.25, 0.3) is 0 Å². The number of rotatable bonds is 7. The van der Waals surface area contributed by atoms with E-state index in [2.05, 4.69) is 10.6 Å². The lowest BCUT2D eigenvalue weighted by atomic mass is 10.2. The number of benzene rings is 1. The van der Waals surface area contributed by atoms with Gasteiger partial charge in [-0.05, 0) is 26.2 Å². The Morgan fingerprint density at radius 3 is 2.76 bits per heavy atom. The molecule has 0 radical (unpaired) electrons. The molecule has 0 bridgehead atoms. The fourth-order valence-corrected chi connectivity index (χ4v) is 1.55. The fraction of sp³-hybridized carbons (Fsp3) is 0.333. The van der Waals surface area contributed by atoms with Crippen molar-refractivity contribution >= 4 is 11.6 Å². The summed E-state index contributed by atoms with van der Waals surface area (Å²) in [6.07, 6.45) is 1.42. The van der Waals surface area contributed by atoms with E-state index in [4.69, 9.17) is 10.00 Å². The SMILES string of the molecule is COc1ccccc1NC(=O)/C(C#N)=C\NCCN(C)C. The van der Waals surface area contributed by atoms with Crippen LogP contribution in [-0.4, -0.2) is 45.1 Å². The minimum Gasteiger partial charge on any atom is -0.495 e. The average molecular weight is 288 g/mol. The van der Waals surface area contributed by atoms with Gasteiger partial charge in [0.15, 0.2) is 0 Å². The first-order valence-corrected chi connectivity index (χ1v) is 6.51. The molecule has 0 saturated heterocycles. The van der Waals surface area contributed by atoms with Crippen LogP contribution in [0.3, 0.4) is 0 Å². The third-order valence-electron chi connectivity index (χ3n) is 2.67. The van der Waals surface area contributed by atoms with Crippen LogP contribution < -0.4 is 15.4 Å². The lowest BCUT2D eigenvalue weighted by Gasteiger charge is -2.10. The number of amides is 1. The molecule has 0 fully saturated rings. The highest BCUT2D eigenvalue weighted by Gasteiger charge is 2.11. The first-order valence-electron chi connectivity index (χ1n) is 6.51. The molecule has 1 amide bonds. The number of carbonyl (C=O) groups is 1. The molecule has 2 N–H and O–H groups in total. The number of nitrogens with zero attached hydrogens (tertiary/aromatic N) is 2. The quantitative estimate of drug-likeness (QED) is 0.448. The third-order valence-corrected chi connectivity index (χ3v) is 2.67. The predicted molar refractivity (Wildman–Crippen MR) is 81.9 cm³/mol. The van der Waals surface area contributed by atoms with Gasteiger partial charge >= 0.3 is 0 Å². The van der Waals surface area contributed by atoms with Crippen LogP contribution in [0.15, 0.2) is 36.0 Å². The van der Waals surface area contributed by atoms with Crippen LogP contribution in [0.4, 0.5) is 5.69 Å². The lowest BCUT2D eigenvalue weighted by Crippen LogP contribution is -2.24. The lowest BCUT2D eigenvalue weighted by molar-refractivity contribution is -0.112. The largest absolute Gasteiger partial charge is 0.495 e. The number of nitrogens with one attached hydrogen (secondary N) is 2. The number of hydrogen-bond donors (Lipinski definition) is 2. The van der Waals surface area contributed by atoms with Gasteiger partial charge in [0.25, 0.3) is 5.91 Å². The summed E-state index contributed by atoms with van der Waals surface area (Å²) < 4.78 is 5.15. The summed E-state index contributed by atoms with van der Waals surface area (Å²) >= 11 is 0. The van der Waals surface area contributed by atoms with Crippen molar-refractivity contribution in [3.63, 3.8) is 0 Å². The van der Waals surface area contributed by atoms with Crippen LogP contribution in [0, 0.1) is 11.3 Å². The van der Waals surface area contributed by atoms with Gasteiger partial charge in [0, 0.05) is 19.3 Å². The Kier molecular flexibility index (Phi) is 6.78. The molecule has 1 aromatic rings. The summed E-state index contributed by atoms with van der Waals surface area (Å²) in [5.41, 5.74) is 0.541. The number of likely N-dealkylation sites (N-methyl/N-ethyl adjacent to an activating group) is 1. The van der Waals surface area contributed by atoms with Crippen molar-refractivity contribution in [1.82, 2.24) is 10.2 Å². The number of anilines is 1. The first kappa shape index (κ1) is 16.5. The van der Waals surface area contributed by atoms with E-state index in [0.717, 1.165) is 6.54 Å². The summed E-state index contributed by atoms with van der Waals surface area (Å²) in [6.45, 7) is 1.46. The zero-order valence-electron chi connectivity index (χ0n) is 12.5. The topological polar surface area (TPSA) is 77.4 Å². The molecule has 0 atom stereocenters. The minimum absolute atomic E-state index is 0.0136. The number of nitriles is 1. The highest BCUT2D eigenvalue weighted by atomic mass is 16.5. The molecule has 0 heterocycles. The van der Waals surface area contributed by atoms with Gasteiger partial charge in [-0.2, -0.15) is 5.26 Å². The van der Waals surface area contributed by atoms with E-state index in [-0.39, 0.29) is 5.57 Å². The number of carbonyl (C=O) groups excluding carboxylic acids is 1.